The molecular formula is C17H32N2O3. The second-order valence-corrected chi connectivity index (χ2v) is 7.84. The molecule has 5 nitrogen and oxygen atoms in total. The van der Waals surface area contributed by atoms with Crippen LogP contribution >= 0.6 is 0 Å². The number of nitrogens with one attached hydrogen (secondary N) is 1. The molecule has 2 N–H and O–H groups in total. The fourth-order valence-electron chi connectivity index (χ4n) is 3.81. The highest BCUT2D eigenvalue weighted by Crippen LogP contribution is 2.36. The Morgan fingerprint density at radius 1 is 1.32 bits per heavy atom. The van der Waals surface area contributed by atoms with Crippen LogP contribution in [0.25, 0.3) is 0 Å². The minimum absolute atomic E-state index is 0.170. The van der Waals surface area contributed by atoms with Gasteiger partial charge in [0, 0.05) is 25.2 Å². The molecule has 0 spiro atoms. The van der Waals surface area contributed by atoms with Crippen LogP contribution in [0, 0.1) is 5.92 Å². The summed E-state index contributed by atoms with van der Waals surface area (Å²) < 4.78 is 5.57. The minimum atomic E-state index is -0.441. The first-order valence-corrected chi connectivity index (χ1v) is 8.69. The van der Waals surface area contributed by atoms with Gasteiger partial charge in [0.15, 0.2) is 0 Å². The van der Waals surface area contributed by atoms with E-state index in [4.69, 9.17) is 4.74 Å². The molecule has 1 amide bonds. The zero-order valence-corrected chi connectivity index (χ0v) is 14.5. The number of hydrogen-bond acceptors (Lipinski definition) is 4. The third-order valence-corrected chi connectivity index (χ3v) is 4.67. The van der Waals surface area contributed by atoms with Crippen molar-refractivity contribution in [2.45, 2.75) is 83.6 Å². The Balaban J connectivity index is 1.98. The maximum Gasteiger partial charge on any atom is 0.410 e. The number of aliphatic hydroxyl groups excluding tert-OH is 1. The normalized spacial score (nSPS) is 30.6. The fourth-order valence-corrected chi connectivity index (χ4v) is 3.81. The largest absolute Gasteiger partial charge is 0.444 e. The van der Waals surface area contributed by atoms with Crippen molar-refractivity contribution in [3.8, 4) is 0 Å². The number of amides is 1. The number of nitrogens with zero attached hydrogens (tertiary/aromatic N) is 1. The van der Waals surface area contributed by atoms with Crippen LogP contribution in [0.2, 0.25) is 0 Å². The van der Waals surface area contributed by atoms with Crippen LogP contribution in [0.4, 0.5) is 4.79 Å². The predicted octanol–water partition coefficient (Wildman–Crippen LogP) is 2.53. The van der Waals surface area contributed by atoms with Crippen LogP contribution in [0.1, 0.15) is 59.8 Å². The van der Waals surface area contributed by atoms with E-state index in [1.807, 2.05) is 25.7 Å². The van der Waals surface area contributed by atoms with Gasteiger partial charge in [0.25, 0.3) is 0 Å². The topological polar surface area (TPSA) is 61.8 Å². The molecule has 1 aliphatic heterocycles. The molecule has 4 unspecified atom stereocenters. The van der Waals surface area contributed by atoms with Gasteiger partial charge in [-0.15, -0.1) is 0 Å². The van der Waals surface area contributed by atoms with E-state index in [-0.39, 0.29) is 18.2 Å². The van der Waals surface area contributed by atoms with E-state index in [1.165, 1.54) is 6.42 Å². The molecule has 5 heteroatoms. The third kappa shape index (κ3) is 4.59. The van der Waals surface area contributed by atoms with Gasteiger partial charge in [0.2, 0.25) is 0 Å². The summed E-state index contributed by atoms with van der Waals surface area (Å²) in [6.07, 6.45) is 5.11. The molecular weight excluding hydrogens is 280 g/mol. The molecule has 1 heterocycles. The first-order valence-electron chi connectivity index (χ1n) is 8.69. The molecule has 128 valence electrons. The summed E-state index contributed by atoms with van der Waals surface area (Å²) in [5, 5.41) is 13.0. The van der Waals surface area contributed by atoms with Crippen molar-refractivity contribution in [2.24, 2.45) is 5.92 Å². The molecule has 0 radical (unpaired) electrons. The van der Waals surface area contributed by atoms with E-state index in [0.29, 0.717) is 18.5 Å². The summed E-state index contributed by atoms with van der Waals surface area (Å²) in [6.45, 7) is 8.98. The van der Waals surface area contributed by atoms with Crippen molar-refractivity contribution in [1.29, 1.82) is 0 Å². The van der Waals surface area contributed by atoms with E-state index in [0.717, 1.165) is 32.2 Å². The summed E-state index contributed by atoms with van der Waals surface area (Å²) in [6, 6.07) is 0.687. The molecule has 0 aromatic heterocycles. The van der Waals surface area contributed by atoms with Crippen molar-refractivity contribution in [1.82, 2.24) is 10.2 Å². The lowest BCUT2D eigenvalue weighted by atomic mass is 9.92. The molecule has 0 aromatic rings. The second kappa shape index (κ2) is 7.18. The molecule has 4 atom stereocenters. The average Bonchev–Trinajstić information content (AvgIpc) is 3.02. The van der Waals surface area contributed by atoms with E-state index in [2.05, 4.69) is 5.32 Å². The number of ether oxygens (including phenoxy) is 1. The molecule has 1 aliphatic carbocycles. The van der Waals surface area contributed by atoms with E-state index in [9.17, 15) is 9.90 Å². The van der Waals surface area contributed by atoms with Gasteiger partial charge in [-0.3, -0.25) is 0 Å². The average molecular weight is 312 g/mol. The summed E-state index contributed by atoms with van der Waals surface area (Å²) >= 11 is 0. The summed E-state index contributed by atoms with van der Waals surface area (Å²) in [5.41, 5.74) is -0.441. The van der Waals surface area contributed by atoms with Crippen molar-refractivity contribution in [3.05, 3.63) is 0 Å². The first-order chi connectivity index (χ1) is 10.3. The van der Waals surface area contributed by atoms with Crippen molar-refractivity contribution in [2.75, 3.05) is 13.1 Å². The standard InChI is InChI=1S/C17H32N2O3/c1-12(20)11-18-14-8-5-7-13(14)15-9-6-10-19(15)16(21)22-17(2,3)4/h12-15,18,20H,5-11H2,1-4H3. The zero-order chi connectivity index (χ0) is 16.3. The van der Waals surface area contributed by atoms with Gasteiger partial charge in [-0.2, -0.15) is 0 Å². The van der Waals surface area contributed by atoms with Crippen molar-refractivity contribution in [3.63, 3.8) is 0 Å². The van der Waals surface area contributed by atoms with Crippen LogP contribution in [-0.2, 0) is 4.74 Å². The lowest BCUT2D eigenvalue weighted by Gasteiger charge is -2.34. The van der Waals surface area contributed by atoms with E-state index in [1.54, 1.807) is 6.92 Å². The summed E-state index contributed by atoms with van der Waals surface area (Å²) in [7, 11) is 0. The SMILES string of the molecule is CC(O)CNC1CCCC1C1CCCN1C(=O)OC(C)(C)C. The Morgan fingerprint density at radius 3 is 2.68 bits per heavy atom. The van der Waals surface area contributed by atoms with Crippen LogP contribution in [0.3, 0.4) is 0 Å². The number of likely N-dealkylation sites (tertiary alicyclic amines) is 1. The smallest absolute Gasteiger partial charge is 0.410 e. The number of hydrogen-bond donors (Lipinski definition) is 2. The second-order valence-electron chi connectivity index (χ2n) is 7.84. The molecule has 2 aliphatic rings. The molecule has 1 saturated carbocycles. The first kappa shape index (κ1) is 17.5. The maximum absolute atomic E-state index is 12.4. The van der Waals surface area contributed by atoms with Gasteiger partial charge in [0.05, 0.1) is 6.10 Å². The van der Waals surface area contributed by atoms with Gasteiger partial charge >= 0.3 is 6.09 Å². The fraction of sp³-hybridized carbons (Fsp3) is 0.941. The maximum atomic E-state index is 12.4. The Bertz CT molecular complexity index is 379. The van der Waals surface area contributed by atoms with Crippen molar-refractivity contribution >= 4 is 6.09 Å². The van der Waals surface area contributed by atoms with Gasteiger partial charge in [-0.1, -0.05) is 6.42 Å². The van der Waals surface area contributed by atoms with Crippen LogP contribution in [0.5, 0.6) is 0 Å². The number of aliphatic hydroxyl groups is 1. The molecule has 2 rings (SSSR count). The predicted molar refractivity (Wildman–Crippen MR) is 86.8 cm³/mol. The third-order valence-electron chi connectivity index (χ3n) is 4.67. The minimum Gasteiger partial charge on any atom is -0.444 e. The number of carbonyl (C=O) groups is 1. The van der Waals surface area contributed by atoms with Crippen LogP contribution in [0.15, 0.2) is 0 Å². The molecule has 1 saturated heterocycles. The number of rotatable bonds is 4. The quantitative estimate of drug-likeness (QED) is 0.837. The molecule has 0 bridgehead atoms. The Kier molecular flexibility index (Phi) is 5.72. The van der Waals surface area contributed by atoms with E-state index >= 15 is 0 Å². The highest BCUT2D eigenvalue weighted by atomic mass is 16.6. The van der Waals surface area contributed by atoms with Crippen molar-refractivity contribution < 1.29 is 14.6 Å². The molecule has 2 fully saturated rings. The summed E-state index contributed by atoms with van der Waals surface area (Å²) in [5.74, 6) is 0.480. The van der Waals surface area contributed by atoms with Crippen LogP contribution in [-0.4, -0.2) is 53.0 Å². The van der Waals surface area contributed by atoms with Gasteiger partial charge < -0.3 is 20.1 Å². The Hall–Kier alpha value is -0.810. The lowest BCUT2D eigenvalue weighted by Crippen LogP contribution is -2.48. The summed E-state index contributed by atoms with van der Waals surface area (Å²) in [4.78, 5) is 14.4. The Labute approximate surface area is 134 Å². The molecule has 22 heavy (non-hydrogen) atoms. The Morgan fingerprint density at radius 2 is 2.05 bits per heavy atom. The molecule has 0 aromatic carbocycles. The number of carbonyl (C=O) groups excluding carboxylic acids is 1. The highest BCUT2D eigenvalue weighted by Gasteiger charge is 2.41. The van der Waals surface area contributed by atoms with E-state index < -0.39 is 5.60 Å². The lowest BCUT2D eigenvalue weighted by molar-refractivity contribution is 0.0164. The monoisotopic (exact) mass is 312 g/mol. The van der Waals surface area contributed by atoms with Gasteiger partial charge in [-0.25, -0.2) is 4.79 Å². The highest BCUT2D eigenvalue weighted by molar-refractivity contribution is 5.69. The van der Waals surface area contributed by atoms with Crippen LogP contribution < -0.4 is 5.32 Å². The van der Waals surface area contributed by atoms with Gasteiger partial charge in [0.1, 0.15) is 5.60 Å². The zero-order valence-electron chi connectivity index (χ0n) is 14.5. The van der Waals surface area contributed by atoms with Gasteiger partial charge in [-0.05, 0) is 59.3 Å².